The summed E-state index contributed by atoms with van der Waals surface area (Å²) in [5.74, 6) is -2.72. The van der Waals surface area contributed by atoms with E-state index in [9.17, 15) is 14.4 Å². The van der Waals surface area contributed by atoms with Crippen molar-refractivity contribution in [2.45, 2.75) is 26.3 Å². The molecule has 1 aromatic carbocycles. The van der Waals surface area contributed by atoms with Crippen molar-refractivity contribution in [2.75, 3.05) is 6.54 Å². The van der Waals surface area contributed by atoms with Gasteiger partial charge in [-0.2, -0.15) is 0 Å². The number of aliphatic carboxylic acids is 1. The molecule has 1 aromatic rings. The van der Waals surface area contributed by atoms with E-state index in [4.69, 9.17) is 10.2 Å². The molecule has 0 saturated carbocycles. The topological polar surface area (TPSA) is 94.9 Å². The number of aromatic carboxylic acids is 1. The third-order valence-corrected chi connectivity index (χ3v) is 3.05. The van der Waals surface area contributed by atoms with Gasteiger partial charge in [-0.1, -0.05) is 13.0 Å². The van der Waals surface area contributed by atoms with Crippen molar-refractivity contribution in [3.8, 4) is 0 Å². The molecule has 1 unspecified atom stereocenters. The lowest BCUT2D eigenvalue weighted by Crippen LogP contribution is -2.41. The maximum absolute atomic E-state index is 12.3. The van der Waals surface area contributed by atoms with Crippen LogP contribution in [0.25, 0.3) is 0 Å². The van der Waals surface area contributed by atoms with Crippen molar-refractivity contribution in [2.24, 2.45) is 0 Å². The molecule has 0 radical (unpaired) electrons. The fraction of sp³-hybridized carbons (Fsp3) is 0.357. The third-order valence-electron chi connectivity index (χ3n) is 3.05. The van der Waals surface area contributed by atoms with Crippen molar-refractivity contribution in [1.82, 2.24) is 4.90 Å². The lowest BCUT2D eigenvalue weighted by atomic mass is 10.1. The number of amides is 1. The normalized spacial score (nSPS) is 11.7. The molecule has 6 nitrogen and oxygen atoms in total. The van der Waals surface area contributed by atoms with Crippen LogP contribution in [0.5, 0.6) is 0 Å². The minimum absolute atomic E-state index is 0.00437. The van der Waals surface area contributed by atoms with Gasteiger partial charge in [0, 0.05) is 11.6 Å². The van der Waals surface area contributed by atoms with Gasteiger partial charge in [0.15, 0.2) is 0 Å². The molecule has 20 heavy (non-hydrogen) atoms. The second-order valence-corrected chi connectivity index (χ2v) is 4.47. The quantitative estimate of drug-likeness (QED) is 0.826. The average Bonchev–Trinajstić information content (AvgIpc) is 2.43. The summed E-state index contributed by atoms with van der Waals surface area (Å²) in [6.45, 7) is 3.19. The first-order chi connectivity index (χ1) is 9.36. The zero-order chi connectivity index (χ0) is 15.3. The van der Waals surface area contributed by atoms with Gasteiger partial charge in [-0.3, -0.25) is 9.59 Å². The van der Waals surface area contributed by atoms with Crippen LogP contribution in [0.3, 0.4) is 0 Å². The van der Waals surface area contributed by atoms with Crippen LogP contribution in [0.4, 0.5) is 0 Å². The Bertz CT molecular complexity index is 526. The molecule has 6 heteroatoms. The number of carboxylic acids is 2. The molecule has 0 fully saturated rings. The standard InChI is InChI=1S/C14H17NO5/c1-3-9(2)15(8-12(16)17)13(18)10-5-4-6-11(7-10)14(19)20/h4-7,9H,3,8H2,1-2H3,(H,16,17)(H,19,20). The van der Waals surface area contributed by atoms with Crippen LogP contribution >= 0.6 is 0 Å². The number of hydrogen-bond acceptors (Lipinski definition) is 3. The van der Waals surface area contributed by atoms with Crippen molar-refractivity contribution in [3.63, 3.8) is 0 Å². The number of benzene rings is 1. The molecule has 0 aliphatic rings. The van der Waals surface area contributed by atoms with Crippen molar-refractivity contribution >= 4 is 17.8 Å². The molecule has 1 amide bonds. The molecular formula is C14H17NO5. The van der Waals surface area contributed by atoms with Crippen LogP contribution in [-0.4, -0.2) is 45.5 Å². The van der Waals surface area contributed by atoms with Gasteiger partial charge >= 0.3 is 11.9 Å². The fourth-order valence-corrected chi connectivity index (χ4v) is 1.74. The Morgan fingerprint density at radius 1 is 1.20 bits per heavy atom. The highest BCUT2D eigenvalue weighted by atomic mass is 16.4. The van der Waals surface area contributed by atoms with Crippen LogP contribution < -0.4 is 0 Å². The molecule has 0 spiro atoms. The Balaban J connectivity index is 3.08. The first-order valence-corrected chi connectivity index (χ1v) is 6.23. The van der Waals surface area contributed by atoms with Gasteiger partial charge in [0.05, 0.1) is 5.56 Å². The number of nitrogens with zero attached hydrogens (tertiary/aromatic N) is 1. The summed E-state index contributed by atoms with van der Waals surface area (Å²) in [7, 11) is 0. The van der Waals surface area contributed by atoms with Crippen molar-refractivity contribution < 1.29 is 24.6 Å². The van der Waals surface area contributed by atoms with Gasteiger partial charge in [-0.05, 0) is 31.5 Å². The Labute approximate surface area is 116 Å². The monoisotopic (exact) mass is 279 g/mol. The third kappa shape index (κ3) is 3.81. The maximum atomic E-state index is 12.3. The molecule has 0 bridgehead atoms. The van der Waals surface area contributed by atoms with E-state index in [1.807, 2.05) is 6.92 Å². The van der Waals surface area contributed by atoms with E-state index in [1.54, 1.807) is 6.92 Å². The molecule has 1 atom stereocenters. The summed E-state index contributed by atoms with van der Waals surface area (Å²) in [6, 6.07) is 5.33. The molecule has 2 N–H and O–H groups in total. The highest BCUT2D eigenvalue weighted by Gasteiger charge is 2.23. The summed E-state index contributed by atoms with van der Waals surface area (Å²) in [5.41, 5.74) is 0.168. The number of carbonyl (C=O) groups is 3. The van der Waals surface area contributed by atoms with Gasteiger partial charge in [-0.25, -0.2) is 4.79 Å². The average molecular weight is 279 g/mol. The first-order valence-electron chi connectivity index (χ1n) is 6.23. The second kappa shape index (κ2) is 6.70. The van der Waals surface area contributed by atoms with Crippen molar-refractivity contribution in [3.05, 3.63) is 35.4 Å². The molecule has 0 saturated heterocycles. The van der Waals surface area contributed by atoms with E-state index < -0.39 is 24.4 Å². The lowest BCUT2D eigenvalue weighted by molar-refractivity contribution is -0.138. The van der Waals surface area contributed by atoms with Gasteiger partial charge in [0.2, 0.25) is 0 Å². The maximum Gasteiger partial charge on any atom is 0.335 e. The number of carboxylic acid groups (broad SMARTS) is 2. The number of hydrogen-bond donors (Lipinski definition) is 2. The Kier molecular flexibility index (Phi) is 5.25. The second-order valence-electron chi connectivity index (χ2n) is 4.47. The Morgan fingerprint density at radius 2 is 1.80 bits per heavy atom. The van der Waals surface area contributed by atoms with Crippen LogP contribution in [0, 0.1) is 0 Å². The SMILES string of the molecule is CCC(C)N(CC(=O)O)C(=O)c1cccc(C(=O)O)c1. The molecule has 108 valence electrons. The number of rotatable bonds is 6. The van der Waals surface area contributed by atoms with E-state index in [0.717, 1.165) is 0 Å². The van der Waals surface area contributed by atoms with E-state index in [-0.39, 0.29) is 17.2 Å². The molecule has 1 rings (SSSR count). The lowest BCUT2D eigenvalue weighted by Gasteiger charge is -2.27. The van der Waals surface area contributed by atoms with E-state index in [1.165, 1.54) is 29.2 Å². The van der Waals surface area contributed by atoms with E-state index in [2.05, 4.69) is 0 Å². The van der Waals surface area contributed by atoms with Gasteiger partial charge in [-0.15, -0.1) is 0 Å². The van der Waals surface area contributed by atoms with E-state index >= 15 is 0 Å². The van der Waals surface area contributed by atoms with Gasteiger partial charge in [0.25, 0.3) is 5.91 Å². The number of carbonyl (C=O) groups excluding carboxylic acids is 1. The molecule has 0 aliphatic carbocycles. The molecular weight excluding hydrogens is 262 g/mol. The predicted molar refractivity (Wildman–Crippen MR) is 71.8 cm³/mol. The Morgan fingerprint density at radius 3 is 2.30 bits per heavy atom. The van der Waals surface area contributed by atoms with Gasteiger partial charge in [0.1, 0.15) is 6.54 Å². The van der Waals surface area contributed by atoms with Crippen molar-refractivity contribution in [1.29, 1.82) is 0 Å². The minimum atomic E-state index is -1.13. The smallest absolute Gasteiger partial charge is 0.335 e. The van der Waals surface area contributed by atoms with Crippen LogP contribution in [0.2, 0.25) is 0 Å². The Hall–Kier alpha value is -2.37. The molecule has 0 aromatic heterocycles. The first kappa shape index (κ1) is 15.7. The van der Waals surface area contributed by atoms with Gasteiger partial charge < -0.3 is 15.1 Å². The summed E-state index contributed by atoms with van der Waals surface area (Å²) in [6.07, 6.45) is 0.609. The zero-order valence-electron chi connectivity index (χ0n) is 11.4. The summed E-state index contributed by atoms with van der Waals surface area (Å²) >= 11 is 0. The largest absolute Gasteiger partial charge is 0.480 e. The summed E-state index contributed by atoms with van der Waals surface area (Å²) in [4.78, 5) is 35.3. The fourth-order valence-electron chi connectivity index (χ4n) is 1.74. The molecule has 0 aliphatic heterocycles. The highest BCUT2D eigenvalue weighted by molar-refractivity contribution is 5.98. The van der Waals surface area contributed by atoms with E-state index in [0.29, 0.717) is 6.42 Å². The summed E-state index contributed by atoms with van der Waals surface area (Å²) in [5, 5.41) is 17.8. The van der Waals surface area contributed by atoms with Crippen LogP contribution in [0.15, 0.2) is 24.3 Å². The summed E-state index contributed by atoms with van der Waals surface area (Å²) < 4.78 is 0. The molecule has 0 heterocycles. The zero-order valence-corrected chi connectivity index (χ0v) is 11.4. The van der Waals surface area contributed by atoms with Crippen LogP contribution in [-0.2, 0) is 4.79 Å². The minimum Gasteiger partial charge on any atom is -0.480 e. The predicted octanol–water partition coefficient (Wildman–Crippen LogP) is 1.71. The highest BCUT2D eigenvalue weighted by Crippen LogP contribution is 2.12. The van der Waals surface area contributed by atoms with Crippen LogP contribution in [0.1, 0.15) is 41.0 Å².